The van der Waals surface area contributed by atoms with Gasteiger partial charge in [-0.25, -0.2) is 0 Å². The second kappa shape index (κ2) is 7.77. The van der Waals surface area contributed by atoms with Gasteiger partial charge < -0.3 is 20.1 Å². The molecule has 0 fully saturated rings. The third-order valence-corrected chi connectivity index (χ3v) is 3.99. The summed E-state index contributed by atoms with van der Waals surface area (Å²) in [4.78, 5) is 0.814. The van der Waals surface area contributed by atoms with E-state index in [9.17, 15) is 0 Å². The molecule has 122 valence electrons. The lowest BCUT2D eigenvalue weighted by Gasteiger charge is -2.16. The zero-order valence-corrected chi connectivity index (χ0v) is 15.4. The number of halogens is 1. The zero-order valence-electron chi connectivity index (χ0n) is 12.9. The Morgan fingerprint density at radius 1 is 1.04 bits per heavy atom. The lowest BCUT2D eigenvalue weighted by molar-refractivity contribution is 0.396. The molecular weight excluding hydrogens is 352 g/mol. The van der Waals surface area contributed by atoms with Gasteiger partial charge in [-0.15, -0.1) is 12.6 Å². The molecule has 0 aromatic heterocycles. The van der Waals surface area contributed by atoms with Gasteiger partial charge in [0.1, 0.15) is 11.5 Å². The van der Waals surface area contributed by atoms with Crippen molar-refractivity contribution < 1.29 is 9.47 Å². The third-order valence-electron chi connectivity index (χ3n) is 3.12. The van der Waals surface area contributed by atoms with Gasteiger partial charge in [-0.3, -0.25) is 0 Å². The average molecular weight is 369 g/mol. The van der Waals surface area contributed by atoms with Gasteiger partial charge in [-0.2, -0.15) is 0 Å². The predicted octanol–water partition coefficient (Wildman–Crippen LogP) is 4.76. The molecule has 0 spiro atoms. The summed E-state index contributed by atoms with van der Waals surface area (Å²) >= 11 is 15.9. The highest BCUT2D eigenvalue weighted by molar-refractivity contribution is 7.81. The van der Waals surface area contributed by atoms with E-state index < -0.39 is 0 Å². The van der Waals surface area contributed by atoms with Crippen LogP contribution in [0.1, 0.15) is 5.56 Å². The molecule has 0 saturated heterocycles. The molecule has 2 aromatic rings. The maximum Gasteiger partial charge on any atom is 0.175 e. The van der Waals surface area contributed by atoms with E-state index in [1.807, 2.05) is 25.1 Å². The van der Waals surface area contributed by atoms with Crippen LogP contribution in [0.2, 0.25) is 5.02 Å². The Balaban J connectivity index is 2.18. The van der Waals surface area contributed by atoms with Crippen molar-refractivity contribution >= 4 is 52.9 Å². The molecule has 0 atom stereocenters. The topological polar surface area (TPSA) is 42.5 Å². The number of hydrogen-bond acceptors (Lipinski definition) is 4. The highest BCUT2D eigenvalue weighted by atomic mass is 35.5. The lowest BCUT2D eigenvalue weighted by Crippen LogP contribution is -2.19. The molecule has 0 amide bonds. The van der Waals surface area contributed by atoms with E-state index in [4.69, 9.17) is 33.3 Å². The molecule has 2 rings (SSSR count). The first kappa shape index (κ1) is 17.7. The van der Waals surface area contributed by atoms with Crippen LogP contribution in [0.4, 0.5) is 11.4 Å². The molecule has 0 heterocycles. The normalized spacial score (nSPS) is 10.1. The van der Waals surface area contributed by atoms with Crippen LogP contribution in [-0.2, 0) is 0 Å². The first-order valence-electron chi connectivity index (χ1n) is 6.73. The summed E-state index contributed by atoms with van der Waals surface area (Å²) < 4.78 is 10.5. The van der Waals surface area contributed by atoms with Crippen LogP contribution >= 0.6 is 36.4 Å². The maximum atomic E-state index is 6.15. The number of thiol groups is 1. The number of nitrogens with one attached hydrogen (secondary N) is 2. The Hall–Kier alpha value is -1.63. The quantitative estimate of drug-likeness (QED) is 0.536. The Kier molecular flexibility index (Phi) is 5.98. The smallest absolute Gasteiger partial charge is 0.175 e. The van der Waals surface area contributed by atoms with E-state index in [-0.39, 0.29) is 0 Å². The van der Waals surface area contributed by atoms with Crippen molar-refractivity contribution in [1.29, 1.82) is 0 Å². The van der Waals surface area contributed by atoms with E-state index in [1.54, 1.807) is 26.4 Å². The van der Waals surface area contributed by atoms with Gasteiger partial charge >= 0.3 is 0 Å². The van der Waals surface area contributed by atoms with E-state index in [0.717, 1.165) is 16.1 Å². The van der Waals surface area contributed by atoms with Crippen molar-refractivity contribution in [2.45, 2.75) is 11.8 Å². The van der Waals surface area contributed by atoms with Crippen molar-refractivity contribution in [1.82, 2.24) is 0 Å². The van der Waals surface area contributed by atoms with Gasteiger partial charge in [-0.05, 0) is 42.9 Å². The van der Waals surface area contributed by atoms with Crippen molar-refractivity contribution in [3.8, 4) is 11.5 Å². The first-order valence-corrected chi connectivity index (χ1v) is 7.97. The second-order valence-electron chi connectivity index (χ2n) is 4.79. The summed E-state index contributed by atoms with van der Waals surface area (Å²) in [6.45, 7) is 2.00. The van der Waals surface area contributed by atoms with Gasteiger partial charge in [-0.1, -0.05) is 17.7 Å². The van der Waals surface area contributed by atoms with E-state index >= 15 is 0 Å². The zero-order chi connectivity index (χ0) is 17.0. The van der Waals surface area contributed by atoms with Gasteiger partial charge in [0.2, 0.25) is 0 Å². The van der Waals surface area contributed by atoms with E-state index in [0.29, 0.717) is 27.3 Å². The van der Waals surface area contributed by atoms with Crippen LogP contribution in [0.5, 0.6) is 11.5 Å². The number of thiocarbonyl (C=S) groups is 1. The number of rotatable bonds is 4. The molecule has 0 unspecified atom stereocenters. The Bertz CT molecular complexity index is 738. The van der Waals surface area contributed by atoms with Crippen molar-refractivity contribution in [2.75, 3.05) is 24.9 Å². The van der Waals surface area contributed by atoms with E-state index in [2.05, 4.69) is 23.3 Å². The Morgan fingerprint density at radius 3 is 2.30 bits per heavy atom. The average Bonchev–Trinajstić information content (AvgIpc) is 2.50. The summed E-state index contributed by atoms with van der Waals surface area (Å²) in [6, 6.07) is 9.26. The highest BCUT2D eigenvalue weighted by Crippen LogP contribution is 2.36. The minimum atomic E-state index is 0.406. The summed E-state index contributed by atoms with van der Waals surface area (Å²) in [5.41, 5.74) is 2.58. The van der Waals surface area contributed by atoms with Crippen LogP contribution in [0.15, 0.2) is 35.2 Å². The monoisotopic (exact) mass is 368 g/mol. The lowest BCUT2D eigenvalue weighted by atomic mass is 10.2. The molecule has 0 bridgehead atoms. The van der Waals surface area contributed by atoms with Gasteiger partial charge in [0.05, 0.1) is 30.6 Å². The summed E-state index contributed by atoms with van der Waals surface area (Å²) in [5, 5.41) is 7.03. The molecule has 2 aromatic carbocycles. The molecule has 0 aliphatic heterocycles. The second-order valence-corrected chi connectivity index (χ2v) is 6.08. The molecule has 2 N–H and O–H groups in total. The van der Waals surface area contributed by atoms with Crippen LogP contribution in [0.3, 0.4) is 0 Å². The molecule has 0 radical (unpaired) electrons. The van der Waals surface area contributed by atoms with Crippen LogP contribution < -0.4 is 20.1 Å². The maximum absolute atomic E-state index is 6.15. The fraction of sp³-hybridized carbons (Fsp3) is 0.188. The standard InChI is InChI=1S/C16H17ClN2O2S2/c1-9-4-5-11(15(22)6-9)18-16(23)19-12-7-10(17)13(20-2)8-14(12)21-3/h4-8,22H,1-3H3,(H2,18,19,23). The largest absolute Gasteiger partial charge is 0.495 e. The molecule has 0 saturated carbocycles. The molecule has 4 nitrogen and oxygen atoms in total. The van der Waals surface area contributed by atoms with Crippen LogP contribution in [0.25, 0.3) is 0 Å². The Morgan fingerprint density at radius 2 is 1.70 bits per heavy atom. The van der Waals surface area contributed by atoms with Crippen molar-refractivity contribution in [2.24, 2.45) is 0 Å². The number of benzene rings is 2. The summed E-state index contributed by atoms with van der Waals surface area (Å²) in [6.07, 6.45) is 0. The molecule has 0 aliphatic carbocycles. The number of ether oxygens (including phenoxy) is 2. The molecule has 0 aliphatic rings. The van der Waals surface area contributed by atoms with Gasteiger partial charge in [0, 0.05) is 11.0 Å². The minimum absolute atomic E-state index is 0.406. The molecular formula is C16H17ClN2O2S2. The molecule has 7 heteroatoms. The number of aryl methyl sites for hydroxylation is 1. The highest BCUT2D eigenvalue weighted by Gasteiger charge is 2.11. The number of hydrogen-bond donors (Lipinski definition) is 3. The van der Waals surface area contributed by atoms with Gasteiger partial charge in [0.15, 0.2) is 5.11 Å². The molecule has 23 heavy (non-hydrogen) atoms. The predicted molar refractivity (Wildman–Crippen MR) is 103 cm³/mol. The number of anilines is 2. The summed E-state index contributed by atoms with van der Waals surface area (Å²) in [5.74, 6) is 1.11. The first-order chi connectivity index (χ1) is 10.9. The SMILES string of the molecule is COc1cc(OC)c(NC(=S)Nc2ccc(C)cc2S)cc1Cl. The van der Waals surface area contributed by atoms with Crippen molar-refractivity contribution in [3.63, 3.8) is 0 Å². The van der Waals surface area contributed by atoms with Crippen molar-refractivity contribution in [3.05, 3.63) is 40.9 Å². The third kappa shape index (κ3) is 4.43. The summed E-state index contributed by atoms with van der Waals surface area (Å²) in [7, 11) is 3.11. The fourth-order valence-corrected chi connectivity index (χ4v) is 2.78. The van der Waals surface area contributed by atoms with Gasteiger partial charge in [0.25, 0.3) is 0 Å². The minimum Gasteiger partial charge on any atom is -0.495 e. The van der Waals surface area contributed by atoms with Crippen LogP contribution in [0, 0.1) is 6.92 Å². The van der Waals surface area contributed by atoms with E-state index in [1.165, 1.54) is 0 Å². The number of methoxy groups -OCH3 is 2. The fourth-order valence-electron chi connectivity index (χ4n) is 1.98. The van der Waals surface area contributed by atoms with Crippen LogP contribution in [-0.4, -0.2) is 19.3 Å². The Labute approximate surface area is 151 Å².